The molecule has 1 amide bonds. The van der Waals surface area contributed by atoms with Crippen LogP contribution in [-0.4, -0.2) is 5.91 Å². The summed E-state index contributed by atoms with van der Waals surface area (Å²) in [5.41, 5.74) is 4.00. The van der Waals surface area contributed by atoms with Crippen LogP contribution in [0.25, 0.3) is 0 Å². The lowest BCUT2D eigenvalue weighted by molar-refractivity contribution is -0.114. The van der Waals surface area contributed by atoms with Gasteiger partial charge < -0.3 is 10.6 Å². The van der Waals surface area contributed by atoms with E-state index in [1.165, 1.54) is 6.92 Å². The summed E-state index contributed by atoms with van der Waals surface area (Å²) >= 11 is 6.17. The van der Waals surface area contributed by atoms with Crippen LogP contribution in [0.15, 0.2) is 42.5 Å². The molecule has 0 unspecified atom stereocenters. The van der Waals surface area contributed by atoms with Gasteiger partial charge in [-0.1, -0.05) is 35.9 Å². The van der Waals surface area contributed by atoms with Gasteiger partial charge in [0, 0.05) is 19.2 Å². The van der Waals surface area contributed by atoms with Crippen LogP contribution in [0.1, 0.15) is 18.1 Å². The molecule has 0 saturated heterocycles. The highest BCUT2D eigenvalue weighted by molar-refractivity contribution is 6.33. The average molecular weight is 289 g/mol. The number of benzene rings is 2. The minimum atomic E-state index is -0.0671. The number of carbonyl (C=O) groups excluding carboxylic acids is 1. The second-order valence-electron chi connectivity index (χ2n) is 4.66. The third-order valence-electron chi connectivity index (χ3n) is 2.97. The van der Waals surface area contributed by atoms with Crippen LogP contribution < -0.4 is 10.6 Å². The molecular formula is C16H17ClN2O. The summed E-state index contributed by atoms with van der Waals surface area (Å²) in [5, 5.41) is 6.80. The van der Waals surface area contributed by atoms with E-state index in [1.54, 1.807) is 0 Å². The van der Waals surface area contributed by atoms with Crippen LogP contribution >= 0.6 is 11.6 Å². The summed E-state index contributed by atoms with van der Waals surface area (Å²) in [6.45, 7) is 4.20. The first kappa shape index (κ1) is 14.4. The van der Waals surface area contributed by atoms with Crippen LogP contribution in [-0.2, 0) is 11.3 Å². The number of nitrogens with one attached hydrogen (secondary N) is 2. The molecule has 0 bridgehead atoms. The van der Waals surface area contributed by atoms with Gasteiger partial charge in [-0.05, 0) is 36.2 Å². The zero-order valence-corrected chi connectivity index (χ0v) is 12.3. The Morgan fingerprint density at radius 1 is 1.15 bits per heavy atom. The first-order valence-electron chi connectivity index (χ1n) is 6.42. The van der Waals surface area contributed by atoms with Crippen molar-refractivity contribution in [1.29, 1.82) is 0 Å². The van der Waals surface area contributed by atoms with Crippen molar-refractivity contribution in [1.82, 2.24) is 0 Å². The van der Waals surface area contributed by atoms with Crippen LogP contribution in [0.2, 0.25) is 5.02 Å². The smallest absolute Gasteiger partial charge is 0.221 e. The van der Waals surface area contributed by atoms with Gasteiger partial charge in [0.2, 0.25) is 5.91 Å². The number of hydrogen-bond acceptors (Lipinski definition) is 2. The Balaban J connectivity index is 2.02. The molecule has 2 rings (SSSR count). The van der Waals surface area contributed by atoms with E-state index >= 15 is 0 Å². The Hall–Kier alpha value is -2.00. The van der Waals surface area contributed by atoms with Crippen LogP contribution in [0.3, 0.4) is 0 Å². The SMILES string of the molecule is CC(=O)Nc1ccc(CNc2c(C)cccc2Cl)cc1. The minimum absolute atomic E-state index is 0.0671. The molecule has 104 valence electrons. The number of aryl methyl sites for hydroxylation is 1. The molecule has 0 aliphatic carbocycles. The van der Waals surface area contributed by atoms with Gasteiger partial charge in [0.15, 0.2) is 0 Å². The molecule has 0 aromatic heterocycles. The molecule has 0 atom stereocenters. The molecule has 0 spiro atoms. The second kappa shape index (κ2) is 6.44. The summed E-state index contributed by atoms with van der Waals surface area (Å²) in [7, 11) is 0. The maximum absolute atomic E-state index is 10.9. The highest BCUT2D eigenvalue weighted by atomic mass is 35.5. The molecule has 2 N–H and O–H groups in total. The van der Waals surface area contributed by atoms with Gasteiger partial charge in [0.05, 0.1) is 10.7 Å². The Morgan fingerprint density at radius 3 is 2.45 bits per heavy atom. The molecule has 0 fully saturated rings. The highest BCUT2D eigenvalue weighted by Crippen LogP contribution is 2.25. The highest BCUT2D eigenvalue weighted by Gasteiger charge is 2.03. The fraction of sp³-hybridized carbons (Fsp3) is 0.188. The first-order valence-corrected chi connectivity index (χ1v) is 6.79. The number of amides is 1. The summed E-state index contributed by atoms with van der Waals surface area (Å²) in [5.74, 6) is -0.0671. The van der Waals surface area contributed by atoms with Gasteiger partial charge >= 0.3 is 0 Å². The van der Waals surface area contributed by atoms with Gasteiger partial charge in [0.1, 0.15) is 0 Å². The standard InChI is InChI=1S/C16H17ClN2O/c1-11-4-3-5-15(17)16(11)18-10-13-6-8-14(9-7-13)19-12(2)20/h3-9,18H,10H2,1-2H3,(H,19,20). The molecule has 2 aromatic carbocycles. The zero-order chi connectivity index (χ0) is 14.5. The molecular weight excluding hydrogens is 272 g/mol. The van der Waals surface area contributed by atoms with E-state index in [1.807, 2.05) is 49.4 Å². The zero-order valence-electron chi connectivity index (χ0n) is 11.5. The molecule has 2 aromatic rings. The topological polar surface area (TPSA) is 41.1 Å². The van der Waals surface area contributed by atoms with Crippen molar-refractivity contribution in [2.45, 2.75) is 20.4 Å². The quantitative estimate of drug-likeness (QED) is 0.884. The summed E-state index contributed by atoms with van der Waals surface area (Å²) in [6.07, 6.45) is 0. The van der Waals surface area contributed by atoms with E-state index < -0.39 is 0 Å². The van der Waals surface area contributed by atoms with Crippen molar-refractivity contribution in [3.05, 3.63) is 58.6 Å². The van der Waals surface area contributed by atoms with Crippen LogP contribution in [0.4, 0.5) is 11.4 Å². The van der Waals surface area contributed by atoms with Gasteiger partial charge in [-0.3, -0.25) is 4.79 Å². The number of carbonyl (C=O) groups is 1. The van der Waals surface area contributed by atoms with Crippen molar-refractivity contribution < 1.29 is 4.79 Å². The van der Waals surface area contributed by atoms with Gasteiger partial charge in [-0.15, -0.1) is 0 Å². The molecule has 3 nitrogen and oxygen atoms in total. The summed E-state index contributed by atoms with van der Waals surface area (Å²) in [4.78, 5) is 10.9. The Labute approximate surface area is 124 Å². The third-order valence-corrected chi connectivity index (χ3v) is 3.28. The fourth-order valence-corrected chi connectivity index (χ4v) is 2.24. The van der Waals surface area contributed by atoms with Crippen LogP contribution in [0, 0.1) is 6.92 Å². The molecule has 0 heterocycles. The first-order chi connectivity index (χ1) is 9.56. The Kier molecular flexibility index (Phi) is 4.64. The molecule has 4 heteroatoms. The fourth-order valence-electron chi connectivity index (χ4n) is 1.96. The number of hydrogen-bond donors (Lipinski definition) is 2. The van der Waals surface area contributed by atoms with E-state index in [-0.39, 0.29) is 5.91 Å². The lowest BCUT2D eigenvalue weighted by Gasteiger charge is -2.12. The van der Waals surface area contributed by atoms with Crippen LogP contribution in [0.5, 0.6) is 0 Å². The Morgan fingerprint density at radius 2 is 1.85 bits per heavy atom. The van der Waals surface area contributed by atoms with Gasteiger partial charge in [-0.2, -0.15) is 0 Å². The lowest BCUT2D eigenvalue weighted by Crippen LogP contribution is -2.06. The largest absolute Gasteiger partial charge is 0.380 e. The van der Waals surface area contributed by atoms with Crippen molar-refractivity contribution in [3.63, 3.8) is 0 Å². The van der Waals surface area contributed by atoms with Crippen molar-refractivity contribution in [3.8, 4) is 0 Å². The maximum atomic E-state index is 10.9. The van der Waals surface area contributed by atoms with E-state index in [0.29, 0.717) is 6.54 Å². The predicted molar refractivity (Wildman–Crippen MR) is 84.3 cm³/mol. The van der Waals surface area contributed by atoms with E-state index in [0.717, 1.165) is 27.5 Å². The van der Waals surface area contributed by atoms with Crippen molar-refractivity contribution in [2.75, 3.05) is 10.6 Å². The second-order valence-corrected chi connectivity index (χ2v) is 5.07. The van der Waals surface area contributed by atoms with Gasteiger partial charge in [0.25, 0.3) is 0 Å². The molecule has 0 aliphatic heterocycles. The molecule has 0 aliphatic rings. The summed E-state index contributed by atoms with van der Waals surface area (Å²) in [6, 6.07) is 13.6. The number of para-hydroxylation sites is 1. The number of rotatable bonds is 4. The van der Waals surface area contributed by atoms with Crippen molar-refractivity contribution in [2.24, 2.45) is 0 Å². The predicted octanol–water partition coefficient (Wildman–Crippen LogP) is 4.22. The van der Waals surface area contributed by atoms with E-state index in [4.69, 9.17) is 11.6 Å². The minimum Gasteiger partial charge on any atom is -0.380 e. The molecule has 0 radical (unpaired) electrons. The molecule has 20 heavy (non-hydrogen) atoms. The lowest BCUT2D eigenvalue weighted by atomic mass is 10.1. The van der Waals surface area contributed by atoms with Gasteiger partial charge in [-0.25, -0.2) is 0 Å². The average Bonchev–Trinajstić information content (AvgIpc) is 2.39. The summed E-state index contributed by atoms with van der Waals surface area (Å²) < 4.78 is 0. The monoisotopic (exact) mass is 288 g/mol. The van der Waals surface area contributed by atoms with E-state index in [9.17, 15) is 4.79 Å². The van der Waals surface area contributed by atoms with Crippen molar-refractivity contribution >= 4 is 28.9 Å². The number of halogens is 1. The number of anilines is 2. The molecule has 0 saturated carbocycles. The Bertz CT molecular complexity index is 588. The maximum Gasteiger partial charge on any atom is 0.221 e. The van der Waals surface area contributed by atoms with E-state index in [2.05, 4.69) is 10.6 Å². The normalized spacial score (nSPS) is 10.2. The third kappa shape index (κ3) is 3.75.